The third-order valence-electron chi connectivity index (χ3n) is 3.88. The summed E-state index contributed by atoms with van der Waals surface area (Å²) in [7, 11) is 0. The molecule has 2 amide bonds. The second kappa shape index (κ2) is 7.40. The molecular formula is C19H18ClN3O2. The number of aromatic amines is 1. The van der Waals surface area contributed by atoms with E-state index in [9.17, 15) is 9.59 Å². The van der Waals surface area contributed by atoms with E-state index in [1.165, 1.54) is 6.92 Å². The van der Waals surface area contributed by atoms with Crippen LogP contribution in [-0.4, -0.2) is 23.3 Å². The number of H-pyrrole nitrogens is 1. The molecule has 1 aromatic heterocycles. The summed E-state index contributed by atoms with van der Waals surface area (Å²) in [5.74, 6) is -0.289. The lowest BCUT2D eigenvalue weighted by atomic mass is 10.1. The number of carbonyl (C=O) groups excluding carboxylic acids is 2. The van der Waals surface area contributed by atoms with Crippen molar-refractivity contribution in [2.45, 2.75) is 13.3 Å². The smallest absolute Gasteiger partial charge is 0.251 e. The van der Waals surface area contributed by atoms with Crippen molar-refractivity contribution in [3.05, 3.63) is 64.8 Å². The molecule has 2 aromatic carbocycles. The van der Waals surface area contributed by atoms with Gasteiger partial charge < -0.3 is 15.6 Å². The molecule has 6 heteroatoms. The number of rotatable bonds is 5. The summed E-state index contributed by atoms with van der Waals surface area (Å²) in [5.41, 5.74) is 3.36. The van der Waals surface area contributed by atoms with Crippen molar-refractivity contribution in [2.24, 2.45) is 0 Å². The van der Waals surface area contributed by atoms with Crippen molar-refractivity contribution in [2.75, 3.05) is 11.9 Å². The Balaban J connectivity index is 1.58. The lowest BCUT2D eigenvalue weighted by molar-refractivity contribution is -0.114. The van der Waals surface area contributed by atoms with E-state index in [0.29, 0.717) is 29.2 Å². The zero-order valence-corrected chi connectivity index (χ0v) is 14.5. The monoisotopic (exact) mass is 355 g/mol. The number of halogens is 1. The summed E-state index contributed by atoms with van der Waals surface area (Å²) in [4.78, 5) is 26.4. The zero-order chi connectivity index (χ0) is 17.8. The Morgan fingerprint density at radius 1 is 1.12 bits per heavy atom. The topological polar surface area (TPSA) is 74.0 Å². The third kappa shape index (κ3) is 4.19. The first-order valence-corrected chi connectivity index (χ1v) is 8.32. The van der Waals surface area contributed by atoms with Crippen LogP contribution >= 0.6 is 11.6 Å². The normalized spacial score (nSPS) is 10.6. The average molecular weight is 356 g/mol. The Hall–Kier alpha value is -2.79. The minimum atomic E-state index is -0.146. The van der Waals surface area contributed by atoms with Gasteiger partial charge in [0.2, 0.25) is 5.91 Å². The molecule has 0 aliphatic carbocycles. The van der Waals surface area contributed by atoms with Crippen LogP contribution in [0.4, 0.5) is 5.69 Å². The van der Waals surface area contributed by atoms with Gasteiger partial charge in [-0.25, -0.2) is 0 Å². The highest BCUT2D eigenvalue weighted by atomic mass is 35.5. The number of hydrogen-bond acceptors (Lipinski definition) is 2. The number of hydrogen-bond donors (Lipinski definition) is 3. The van der Waals surface area contributed by atoms with Crippen LogP contribution in [0.15, 0.2) is 48.7 Å². The highest BCUT2D eigenvalue weighted by Gasteiger charge is 2.08. The molecule has 0 aliphatic heterocycles. The molecule has 1 heterocycles. The Labute approximate surface area is 150 Å². The predicted molar refractivity (Wildman–Crippen MR) is 100 cm³/mol. The van der Waals surface area contributed by atoms with Gasteiger partial charge in [0, 0.05) is 46.8 Å². The molecule has 0 bridgehead atoms. The second-order valence-electron chi connectivity index (χ2n) is 5.77. The maximum atomic E-state index is 12.2. The van der Waals surface area contributed by atoms with Gasteiger partial charge in [-0.2, -0.15) is 0 Å². The van der Waals surface area contributed by atoms with Gasteiger partial charge in [0.05, 0.1) is 0 Å². The van der Waals surface area contributed by atoms with Crippen molar-refractivity contribution in [1.82, 2.24) is 10.3 Å². The van der Waals surface area contributed by atoms with Crippen LogP contribution in [0.1, 0.15) is 22.8 Å². The Bertz CT molecular complexity index is 916. The summed E-state index contributed by atoms with van der Waals surface area (Å²) in [6.45, 7) is 1.96. The Morgan fingerprint density at radius 3 is 2.60 bits per heavy atom. The van der Waals surface area contributed by atoms with Crippen LogP contribution in [0.3, 0.4) is 0 Å². The van der Waals surface area contributed by atoms with Crippen LogP contribution in [0.5, 0.6) is 0 Å². The molecular weight excluding hydrogens is 338 g/mol. The fraction of sp³-hybridized carbons (Fsp3) is 0.158. The number of aromatic nitrogens is 1. The molecule has 0 radical (unpaired) electrons. The van der Waals surface area contributed by atoms with Crippen LogP contribution in [0.2, 0.25) is 5.02 Å². The quantitative estimate of drug-likeness (QED) is 0.652. The molecule has 3 rings (SSSR count). The van der Waals surface area contributed by atoms with Crippen molar-refractivity contribution in [1.29, 1.82) is 0 Å². The molecule has 5 nitrogen and oxygen atoms in total. The molecule has 3 N–H and O–H groups in total. The second-order valence-corrected chi connectivity index (χ2v) is 6.20. The SMILES string of the molecule is CC(=O)Nc1ccc(C(=O)NCCc2c[nH]c3ccc(Cl)cc23)cc1. The van der Waals surface area contributed by atoms with Crippen LogP contribution in [-0.2, 0) is 11.2 Å². The summed E-state index contributed by atoms with van der Waals surface area (Å²) in [6.07, 6.45) is 2.64. The van der Waals surface area contributed by atoms with E-state index in [1.54, 1.807) is 24.3 Å². The lowest BCUT2D eigenvalue weighted by Gasteiger charge is -2.06. The number of nitrogens with one attached hydrogen (secondary N) is 3. The van der Waals surface area contributed by atoms with Gasteiger partial charge in [-0.3, -0.25) is 9.59 Å². The minimum Gasteiger partial charge on any atom is -0.361 e. The standard InChI is InChI=1S/C19H18ClN3O2/c1-12(24)23-16-5-2-13(3-6-16)19(25)21-9-8-14-11-22-18-7-4-15(20)10-17(14)18/h2-7,10-11,22H,8-9H2,1H3,(H,21,25)(H,23,24). The third-order valence-corrected chi connectivity index (χ3v) is 4.11. The highest BCUT2D eigenvalue weighted by molar-refractivity contribution is 6.31. The Kier molecular flexibility index (Phi) is 5.05. The fourth-order valence-electron chi connectivity index (χ4n) is 2.68. The fourth-order valence-corrected chi connectivity index (χ4v) is 2.85. The molecule has 25 heavy (non-hydrogen) atoms. The number of benzene rings is 2. The van der Waals surface area contributed by atoms with Gasteiger partial charge in [-0.15, -0.1) is 0 Å². The molecule has 0 atom stereocenters. The maximum absolute atomic E-state index is 12.2. The van der Waals surface area contributed by atoms with Crippen molar-refractivity contribution in [3.63, 3.8) is 0 Å². The van der Waals surface area contributed by atoms with Gasteiger partial charge in [-0.1, -0.05) is 11.6 Å². The first kappa shape index (κ1) is 17.0. The van der Waals surface area contributed by atoms with E-state index in [2.05, 4.69) is 15.6 Å². The summed E-state index contributed by atoms with van der Waals surface area (Å²) < 4.78 is 0. The molecule has 0 saturated heterocycles. The molecule has 0 aliphatic rings. The predicted octanol–water partition coefficient (Wildman–Crippen LogP) is 3.75. The van der Waals surface area contributed by atoms with Gasteiger partial charge in [0.1, 0.15) is 0 Å². The molecule has 3 aromatic rings. The van der Waals surface area contributed by atoms with Gasteiger partial charge in [0.25, 0.3) is 5.91 Å². The summed E-state index contributed by atoms with van der Waals surface area (Å²) in [5, 5.41) is 7.33. The van der Waals surface area contributed by atoms with Crippen LogP contribution in [0, 0.1) is 0 Å². The summed E-state index contributed by atoms with van der Waals surface area (Å²) in [6, 6.07) is 12.5. The van der Waals surface area contributed by atoms with Crippen LogP contribution < -0.4 is 10.6 Å². The van der Waals surface area contributed by atoms with E-state index in [4.69, 9.17) is 11.6 Å². The molecule has 0 spiro atoms. The number of carbonyl (C=O) groups is 2. The van der Waals surface area contributed by atoms with E-state index >= 15 is 0 Å². The van der Waals surface area contributed by atoms with E-state index in [-0.39, 0.29) is 11.8 Å². The first-order chi connectivity index (χ1) is 12.0. The highest BCUT2D eigenvalue weighted by Crippen LogP contribution is 2.22. The van der Waals surface area contributed by atoms with E-state index in [0.717, 1.165) is 16.5 Å². The lowest BCUT2D eigenvalue weighted by Crippen LogP contribution is -2.25. The largest absolute Gasteiger partial charge is 0.361 e. The zero-order valence-electron chi connectivity index (χ0n) is 13.7. The number of fused-ring (bicyclic) bond motifs is 1. The first-order valence-electron chi connectivity index (χ1n) is 7.94. The number of anilines is 1. The molecule has 0 saturated carbocycles. The molecule has 0 unspecified atom stereocenters. The average Bonchev–Trinajstić information content (AvgIpc) is 2.97. The maximum Gasteiger partial charge on any atom is 0.251 e. The van der Waals surface area contributed by atoms with Gasteiger partial charge in [0.15, 0.2) is 0 Å². The van der Waals surface area contributed by atoms with Crippen molar-refractivity contribution < 1.29 is 9.59 Å². The van der Waals surface area contributed by atoms with Crippen molar-refractivity contribution in [3.8, 4) is 0 Å². The van der Waals surface area contributed by atoms with E-state index < -0.39 is 0 Å². The van der Waals surface area contributed by atoms with Gasteiger partial charge >= 0.3 is 0 Å². The Morgan fingerprint density at radius 2 is 1.88 bits per heavy atom. The molecule has 0 fully saturated rings. The van der Waals surface area contributed by atoms with Crippen LogP contribution in [0.25, 0.3) is 10.9 Å². The minimum absolute atomic E-state index is 0.143. The molecule has 128 valence electrons. The van der Waals surface area contributed by atoms with Crippen molar-refractivity contribution >= 4 is 40.0 Å². The van der Waals surface area contributed by atoms with E-state index in [1.807, 2.05) is 24.4 Å². The summed E-state index contributed by atoms with van der Waals surface area (Å²) >= 11 is 6.05. The number of amides is 2. The van der Waals surface area contributed by atoms with Gasteiger partial charge in [-0.05, 0) is 54.4 Å².